The largest absolute Gasteiger partial charge is 0.444 e. The highest BCUT2D eigenvalue weighted by atomic mass is 35.5. The van der Waals surface area contributed by atoms with Crippen LogP contribution in [-0.2, 0) is 4.74 Å². The SMILES string of the molecule is CC(C)(C)OC(=O)NCCC(O)C(O)c1cc(Cl)c(N)cc1Cl. The zero-order valence-corrected chi connectivity index (χ0v) is 14.8. The van der Waals surface area contributed by atoms with E-state index in [0.29, 0.717) is 0 Å². The lowest BCUT2D eigenvalue weighted by molar-refractivity contribution is 0.0123. The van der Waals surface area contributed by atoms with Gasteiger partial charge in [-0.3, -0.25) is 0 Å². The van der Waals surface area contributed by atoms with Gasteiger partial charge in [-0.05, 0) is 39.3 Å². The number of nitrogens with one attached hydrogen (secondary N) is 1. The van der Waals surface area contributed by atoms with E-state index in [4.69, 9.17) is 33.7 Å². The second-order valence-electron chi connectivity index (χ2n) is 6.12. The lowest BCUT2D eigenvalue weighted by Crippen LogP contribution is -2.34. The van der Waals surface area contributed by atoms with Crippen LogP contribution in [0.15, 0.2) is 12.1 Å². The first kappa shape index (κ1) is 19.8. The maximum absolute atomic E-state index is 11.5. The van der Waals surface area contributed by atoms with Gasteiger partial charge in [-0.2, -0.15) is 0 Å². The Morgan fingerprint density at radius 1 is 1.30 bits per heavy atom. The van der Waals surface area contributed by atoms with Gasteiger partial charge in [-0.15, -0.1) is 0 Å². The Morgan fingerprint density at radius 2 is 1.91 bits per heavy atom. The van der Waals surface area contributed by atoms with Crippen molar-refractivity contribution in [3.05, 3.63) is 27.7 Å². The topological polar surface area (TPSA) is 105 Å². The van der Waals surface area contributed by atoms with Gasteiger partial charge in [0.25, 0.3) is 0 Å². The van der Waals surface area contributed by atoms with Crippen molar-refractivity contribution in [3.63, 3.8) is 0 Å². The molecule has 0 aliphatic carbocycles. The van der Waals surface area contributed by atoms with Gasteiger partial charge in [-0.1, -0.05) is 23.2 Å². The van der Waals surface area contributed by atoms with Crippen LogP contribution in [0.2, 0.25) is 10.0 Å². The number of carbonyl (C=O) groups excluding carboxylic acids is 1. The molecule has 1 aromatic carbocycles. The molecule has 0 bridgehead atoms. The predicted octanol–water partition coefficient (Wildman–Crippen LogP) is 2.88. The average Bonchev–Trinajstić information content (AvgIpc) is 2.40. The number of rotatable bonds is 5. The number of amides is 1. The van der Waals surface area contributed by atoms with Gasteiger partial charge < -0.3 is 26.0 Å². The molecule has 5 N–H and O–H groups in total. The van der Waals surface area contributed by atoms with Gasteiger partial charge in [0.1, 0.15) is 11.7 Å². The first-order valence-corrected chi connectivity index (χ1v) is 7.84. The highest BCUT2D eigenvalue weighted by Gasteiger charge is 2.22. The molecule has 0 fully saturated rings. The van der Waals surface area contributed by atoms with Crippen LogP contribution < -0.4 is 11.1 Å². The van der Waals surface area contributed by atoms with Crippen LogP contribution in [0.1, 0.15) is 38.9 Å². The summed E-state index contributed by atoms with van der Waals surface area (Å²) in [5, 5.41) is 23.1. The summed E-state index contributed by atoms with van der Waals surface area (Å²) in [7, 11) is 0. The molecule has 2 unspecified atom stereocenters. The first-order valence-electron chi connectivity index (χ1n) is 7.08. The molecule has 23 heavy (non-hydrogen) atoms. The van der Waals surface area contributed by atoms with E-state index in [1.54, 1.807) is 20.8 Å². The minimum atomic E-state index is -1.25. The monoisotopic (exact) mass is 364 g/mol. The van der Waals surface area contributed by atoms with Gasteiger partial charge in [0.2, 0.25) is 0 Å². The summed E-state index contributed by atoms with van der Waals surface area (Å²) in [6.45, 7) is 5.38. The highest BCUT2D eigenvalue weighted by Crippen LogP contribution is 2.32. The van der Waals surface area contributed by atoms with E-state index in [0.717, 1.165) is 0 Å². The van der Waals surface area contributed by atoms with Gasteiger partial charge in [0, 0.05) is 17.1 Å². The summed E-state index contributed by atoms with van der Waals surface area (Å²) >= 11 is 11.9. The number of halogens is 2. The number of benzene rings is 1. The minimum Gasteiger partial charge on any atom is -0.444 e. The Balaban J connectivity index is 2.57. The fraction of sp³-hybridized carbons (Fsp3) is 0.533. The van der Waals surface area contributed by atoms with Crippen molar-refractivity contribution in [2.24, 2.45) is 0 Å². The maximum Gasteiger partial charge on any atom is 0.407 e. The maximum atomic E-state index is 11.5. The zero-order valence-electron chi connectivity index (χ0n) is 13.3. The van der Waals surface area contributed by atoms with Crippen molar-refractivity contribution in [2.45, 2.75) is 45.0 Å². The molecule has 0 aliphatic heterocycles. The summed E-state index contributed by atoms with van der Waals surface area (Å²) in [6.07, 6.45) is -2.87. The van der Waals surface area contributed by atoms with E-state index in [1.807, 2.05) is 0 Å². The van der Waals surface area contributed by atoms with E-state index in [-0.39, 0.29) is 34.3 Å². The van der Waals surface area contributed by atoms with Crippen LogP contribution >= 0.6 is 23.2 Å². The number of anilines is 1. The number of aliphatic hydroxyl groups excluding tert-OH is 2. The normalized spacial score (nSPS) is 14.2. The second-order valence-corrected chi connectivity index (χ2v) is 6.94. The van der Waals surface area contributed by atoms with Crippen molar-refractivity contribution in [3.8, 4) is 0 Å². The number of nitrogens with two attached hydrogens (primary N) is 1. The summed E-state index contributed by atoms with van der Waals surface area (Å²) in [4.78, 5) is 11.5. The molecule has 0 saturated carbocycles. The lowest BCUT2D eigenvalue weighted by Gasteiger charge is -2.22. The number of aliphatic hydroxyl groups is 2. The Bertz CT molecular complexity index is 561. The van der Waals surface area contributed by atoms with Crippen molar-refractivity contribution in [2.75, 3.05) is 12.3 Å². The number of hydrogen-bond donors (Lipinski definition) is 4. The smallest absolute Gasteiger partial charge is 0.407 e. The molecule has 6 nitrogen and oxygen atoms in total. The van der Waals surface area contributed by atoms with Crippen molar-refractivity contribution >= 4 is 35.0 Å². The van der Waals surface area contributed by atoms with E-state index < -0.39 is 23.9 Å². The number of ether oxygens (including phenoxy) is 1. The summed E-state index contributed by atoms with van der Waals surface area (Å²) < 4.78 is 5.07. The standard InChI is InChI=1S/C15H22Cl2N2O4/c1-15(2,3)23-14(22)19-5-4-12(20)13(21)8-6-10(17)11(18)7-9(8)16/h6-7,12-13,20-21H,4-5,18H2,1-3H3,(H,19,22). The van der Waals surface area contributed by atoms with Gasteiger partial charge in [0.15, 0.2) is 0 Å². The average molecular weight is 365 g/mol. The molecule has 0 aromatic heterocycles. The first-order chi connectivity index (χ1) is 10.5. The lowest BCUT2D eigenvalue weighted by atomic mass is 10.0. The molecule has 0 radical (unpaired) electrons. The summed E-state index contributed by atoms with van der Waals surface area (Å²) in [6, 6.07) is 2.82. The Hall–Kier alpha value is -1.21. The van der Waals surface area contributed by atoms with Crippen LogP contribution in [0.5, 0.6) is 0 Å². The fourth-order valence-corrected chi connectivity index (χ4v) is 2.26. The highest BCUT2D eigenvalue weighted by molar-refractivity contribution is 6.35. The Morgan fingerprint density at radius 3 is 2.48 bits per heavy atom. The zero-order chi connectivity index (χ0) is 17.8. The van der Waals surface area contributed by atoms with Gasteiger partial charge >= 0.3 is 6.09 Å². The molecule has 130 valence electrons. The molecule has 0 heterocycles. The third-order valence-corrected chi connectivity index (χ3v) is 3.56. The molecule has 0 spiro atoms. The number of hydrogen-bond acceptors (Lipinski definition) is 5. The van der Waals surface area contributed by atoms with Gasteiger partial charge in [0.05, 0.1) is 16.8 Å². The molecule has 1 rings (SSSR count). The number of nitrogen functional groups attached to an aromatic ring is 1. The van der Waals surface area contributed by atoms with Gasteiger partial charge in [-0.25, -0.2) is 4.79 Å². The summed E-state index contributed by atoms with van der Waals surface area (Å²) in [5.74, 6) is 0. The van der Waals surface area contributed by atoms with Crippen LogP contribution in [0, 0.1) is 0 Å². The number of alkyl carbamates (subject to hydrolysis) is 1. The molecule has 1 amide bonds. The fourth-order valence-electron chi connectivity index (χ4n) is 1.81. The molecular formula is C15H22Cl2N2O4. The van der Waals surface area contributed by atoms with E-state index >= 15 is 0 Å². The van der Waals surface area contributed by atoms with Crippen LogP contribution in [-0.4, -0.2) is 34.6 Å². The van der Waals surface area contributed by atoms with E-state index in [2.05, 4.69) is 5.32 Å². The third kappa shape index (κ3) is 6.43. The molecule has 0 saturated heterocycles. The quantitative estimate of drug-likeness (QED) is 0.601. The predicted molar refractivity (Wildman–Crippen MR) is 90.7 cm³/mol. The van der Waals surface area contributed by atoms with Crippen LogP contribution in [0.3, 0.4) is 0 Å². The number of carbonyl (C=O) groups is 1. The minimum absolute atomic E-state index is 0.110. The molecule has 0 aliphatic rings. The second kappa shape index (κ2) is 8.06. The Kier molecular flexibility index (Phi) is 6.95. The van der Waals surface area contributed by atoms with E-state index in [9.17, 15) is 15.0 Å². The van der Waals surface area contributed by atoms with Crippen molar-refractivity contribution < 1.29 is 19.7 Å². The summed E-state index contributed by atoms with van der Waals surface area (Å²) in [5.41, 5.74) is 5.57. The molecule has 1 aromatic rings. The third-order valence-electron chi connectivity index (χ3n) is 2.91. The van der Waals surface area contributed by atoms with Crippen molar-refractivity contribution in [1.82, 2.24) is 5.32 Å². The van der Waals surface area contributed by atoms with E-state index in [1.165, 1.54) is 12.1 Å². The van der Waals surface area contributed by atoms with Crippen molar-refractivity contribution in [1.29, 1.82) is 0 Å². The van der Waals surface area contributed by atoms with Crippen LogP contribution in [0.25, 0.3) is 0 Å². The van der Waals surface area contributed by atoms with Crippen LogP contribution in [0.4, 0.5) is 10.5 Å². The molecular weight excluding hydrogens is 343 g/mol. The molecule has 2 atom stereocenters. The molecule has 8 heteroatoms. The Labute approximate surface area is 145 Å².